The molecule has 200 valence electrons. The Hall–Kier alpha value is -3.20. The highest BCUT2D eigenvalue weighted by atomic mass is 32.2. The third kappa shape index (κ3) is 6.57. The molecule has 0 unspecified atom stereocenters. The summed E-state index contributed by atoms with van der Waals surface area (Å²) in [4.78, 5) is 25.3. The van der Waals surface area contributed by atoms with Crippen molar-refractivity contribution in [2.24, 2.45) is 0 Å². The molecule has 37 heavy (non-hydrogen) atoms. The van der Waals surface area contributed by atoms with Crippen LogP contribution in [0.5, 0.6) is 5.75 Å². The molecular weight excluding hydrogens is 492 g/mol. The Bertz CT molecular complexity index is 1260. The number of sulfonamides is 1. The van der Waals surface area contributed by atoms with Crippen LogP contribution < -0.4 is 15.0 Å². The Kier molecular flexibility index (Phi) is 9.12. The molecule has 1 amide bonds. The van der Waals surface area contributed by atoms with Gasteiger partial charge in [0.05, 0.1) is 18.6 Å². The van der Waals surface area contributed by atoms with Gasteiger partial charge < -0.3 is 19.9 Å². The molecule has 1 aromatic carbocycles. The summed E-state index contributed by atoms with van der Waals surface area (Å²) in [6.45, 7) is 12.7. The van der Waals surface area contributed by atoms with E-state index in [1.54, 1.807) is 38.2 Å². The Labute approximate surface area is 220 Å². The third-order valence-electron chi connectivity index (χ3n) is 6.74. The number of carbonyl (C=O) groups excluding carboxylic acids is 1. The van der Waals surface area contributed by atoms with Gasteiger partial charge in [-0.2, -0.15) is 0 Å². The summed E-state index contributed by atoms with van der Waals surface area (Å²) >= 11 is 0. The predicted octanol–water partition coefficient (Wildman–Crippen LogP) is 3.44. The van der Waals surface area contributed by atoms with Crippen molar-refractivity contribution in [3.8, 4) is 5.75 Å². The van der Waals surface area contributed by atoms with E-state index in [1.807, 2.05) is 0 Å². The second-order valence-corrected chi connectivity index (χ2v) is 11.6. The number of ether oxygens (including phenoxy) is 1. The van der Waals surface area contributed by atoms with Gasteiger partial charge in [0.25, 0.3) is 0 Å². The quantitative estimate of drug-likeness (QED) is 0.498. The van der Waals surface area contributed by atoms with Gasteiger partial charge in [-0.15, -0.1) is 0 Å². The van der Waals surface area contributed by atoms with Crippen LogP contribution in [0.2, 0.25) is 0 Å². The zero-order valence-electron chi connectivity index (χ0n) is 22.4. The predicted molar refractivity (Wildman–Crippen MR) is 145 cm³/mol. The van der Waals surface area contributed by atoms with Gasteiger partial charge in [-0.25, -0.2) is 22.6 Å². The number of piperidine rings is 1. The van der Waals surface area contributed by atoms with E-state index >= 15 is 0 Å². The molecule has 1 aromatic heterocycles. The molecule has 0 atom stereocenters. The van der Waals surface area contributed by atoms with Crippen LogP contribution in [0.4, 0.5) is 17.2 Å². The number of aryl methyl sites for hydroxylation is 2. The number of amides is 1. The highest BCUT2D eigenvalue weighted by Gasteiger charge is 2.26. The van der Waals surface area contributed by atoms with Crippen LogP contribution >= 0.6 is 0 Å². The molecule has 2 heterocycles. The van der Waals surface area contributed by atoms with E-state index in [0.29, 0.717) is 40.1 Å². The topological polar surface area (TPSA) is 99.4 Å². The summed E-state index contributed by atoms with van der Waals surface area (Å²) in [6, 6.07) is 5.49. The van der Waals surface area contributed by atoms with Crippen molar-refractivity contribution < 1.29 is 17.9 Å². The maximum Gasteiger partial charge on any atom is 0.243 e. The third-order valence-corrected chi connectivity index (χ3v) is 8.90. The van der Waals surface area contributed by atoms with Gasteiger partial charge in [0.2, 0.25) is 21.6 Å². The number of rotatable bonds is 9. The van der Waals surface area contributed by atoms with Crippen molar-refractivity contribution in [1.82, 2.24) is 14.2 Å². The zero-order chi connectivity index (χ0) is 27.3. The molecule has 1 N–H and O–H groups in total. The Morgan fingerprint density at radius 1 is 1.19 bits per heavy atom. The first-order chi connectivity index (χ1) is 17.5. The van der Waals surface area contributed by atoms with Crippen molar-refractivity contribution >= 4 is 33.1 Å². The van der Waals surface area contributed by atoms with Crippen molar-refractivity contribution in [3.63, 3.8) is 0 Å². The van der Waals surface area contributed by atoms with Crippen molar-refractivity contribution in [1.29, 1.82) is 0 Å². The summed E-state index contributed by atoms with van der Waals surface area (Å²) < 4.78 is 32.8. The number of hydrogen-bond donors (Lipinski definition) is 1. The number of nitrogens with one attached hydrogen (secondary N) is 1. The van der Waals surface area contributed by atoms with Gasteiger partial charge >= 0.3 is 0 Å². The van der Waals surface area contributed by atoms with Crippen molar-refractivity contribution in [3.05, 3.63) is 46.9 Å². The minimum Gasteiger partial charge on any atom is -0.497 e. The second kappa shape index (κ2) is 11.9. The SMILES string of the molecule is [C-]#[N+]c1cc(NC(=O)CCN(C)S(=O)(=O)c2c(C)cc(OC)cc2C)cnc1N1CCC(N(C)C)CC1. The second-order valence-electron chi connectivity index (χ2n) is 9.58. The monoisotopic (exact) mass is 528 g/mol. The largest absolute Gasteiger partial charge is 0.497 e. The molecule has 0 spiro atoms. The minimum absolute atomic E-state index is 0.00108. The Morgan fingerprint density at radius 2 is 1.81 bits per heavy atom. The lowest BCUT2D eigenvalue weighted by Crippen LogP contribution is -2.42. The van der Waals surface area contributed by atoms with Crippen LogP contribution in [0.1, 0.15) is 30.4 Å². The van der Waals surface area contributed by atoms with Gasteiger partial charge in [0.1, 0.15) is 11.6 Å². The number of pyridine rings is 1. The molecule has 0 aliphatic carbocycles. The van der Waals surface area contributed by atoms with E-state index in [9.17, 15) is 13.2 Å². The lowest BCUT2D eigenvalue weighted by atomic mass is 10.0. The molecule has 0 bridgehead atoms. The van der Waals surface area contributed by atoms with Gasteiger partial charge in [-0.3, -0.25) is 4.79 Å². The van der Waals surface area contributed by atoms with Crippen LogP contribution in [0.25, 0.3) is 4.85 Å². The smallest absolute Gasteiger partial charge is 0.243 e. The number of hydrogen-bond acceptors (Lipinski definition) is 7. The lowest BCUT2D eigenvalue weighted by Gasteiger charge is -2.36. The Balaban J connectivity index is 1.63. The summed E-state index contributed by atoms with van der Waals surface area (Å²) in [5.74, 6) is 0.858. The molecule has 3 rings (SSSR count). The number of benzene rings is 1. The standard InChI is InChI=1S/C26H36N6O4S/c1-18-14-22(36-7)15-19(2)25(18)37(34,35)31(6)11-10-24(33)29-20-16-23(27-3)26(28-17-20)32-12-8-21(9-13-32)30(4)5/h14-17,21H,8-13H2,1-2,4-7H3,(H,29,33). The molecule has 1 saturated heterocycles. The molecule has 0 radical (unpaired) electrons. The van der Waals surface area contributed by atoms with E-state index in [2.05, 4.69) is 39.0 Å². The molecule has 10 nitrogen and oxygen atoms in total. The van der Waals surface area contributed by atoms with Gasteiger partial charge in [-0.1, -0.05) is 0 Å². The fraction of sp³-hybridized carbons (Fsp3) is 0.500. The van der Waals surface area contributed by atoms with Crippen LogP contribution in [-0.4, -0.2) is 82.4 Å². The van der Waals surface area contributed by atoms with Crippen LogP contribution in [-0.2, 0) is 14.8 Å². The van der Waals surface area contributed by atoms with Crippen LogP contribution in [0, 0.1) is 20.4 Å². The van der Waals surface area contributed by atoms with Gasteiger partial charge in [0, 0.05) is 51.0 Å². The van der Waals surface area contributed by atoms with E-state index in [0.717, 1.165) is 25.9 Å². The molecule has 2 aromatic rings. The van der Waals surface area contributed by atoms with Crippen molar-refractivity contribution in [2.75, 3.05) is 58.1 Å². The van der Waals surface area contributed by atoms with Gasteiger partial charge in [0.15, 0.2) is 0 Å². The average molecular weight is 529 g/mol. The van der Waals surface area contributed by atoms with Gasteiger partial charge in [-0.05, 0) is 70.1 Å². The molecule has 1 aliphatic heterocycles. The summed E-state index contributed by atoms with van der Waals surface area (Å²) in [5.41, 5.74) is 1.95. The van der Waals surface area contributed by atoms with E-state index < -0.39 is 10.0 Å². The maximum absolute atomic E-state index is 13.2. The lowest BCUT2D eigenvalue weighted by molar-refractivity contribution is -0.116. The highest BCUT2D eigenvalue weighted by Crippen LogP contribution is 2.32. The highest BCUT2D eigenvalue weighted by molar-refractivity contribution is 7.89. The van der Waals surface area contributed by atoms with Crippen LogP contribution in [0.3, 0.4) is 0 Å². The van der Waals surface area contributed by atoms with Crippen LogP contribution in [0.15, 0.2) is 29.3 Å². The van der Waals surface area contributed by atoms with E-state index in [1.165, 1.54) is 18.5 Å². The van der Waals surface area contributed by atoms with Crippen molar-refractivity contribution in [2.45, 2.75) is 44.0 Å². The average Bonchev–Trinajstić information content (AvgIpc) is 2.86. The molecule has 11 heteroatoms. The zero-order valence-corrected chi connectivity index (χ0v) is 23.2. The Morgan fingerprint density at radius 3 is 2.35 bits per heavy atom. The van der Waals surface area contributed by atoms with E-state index in [4.69, 9.17) is 11.3 Å². The number of carbonyl (C=O) groups is 1. The summed E-state index contributed by atoms with van der Waals surface area (Å²) in [7, 11) is 3.35. The maximum atomic E-state index is 13.2. The fourth-order valence-electron chi connectivity index (χ4n) is 4.63. The summed E-state index contributed by atoms with van der Waals surface area (Å²) in [5, 5.41) is 2.75. The van der Waals surface area contributed by atoms with E-state index in [-0.39, 0.29) is 23.8 Å². The first-order valence-corrected chi connectivity index (χ1v) is 13.6. The molecule has 0 saturated carbocycles. The number of anilines is 2. The molecule has 1 fully saturated rings. The number of nitrogens with zero attached hydrogens (tertiary/aromatic N) is 5. The molecule has 1 aliphatic rings. The minimum atomic E-state index is -3.79. The summed E-state index contributed by atoms with van der Waals surface area (Å²) in [6.07, 6.45) is 3.49. The fourth-order valence-corrected chi connectivity index (χ4v) is 6.20. The number of methoxy groups -OCH3 is 1. The first-order valence-electron chi connectivity index (χ1n) is 12.2. The normalized spacial score (nSPS) is 14.6. The number of aromatic nitrogens is 1. The molecular formula is C26H36N6O4S. The first kappa shape index (κ1) is 28.4.